The van der Waals surface area contributed by atoms with Crippen LogP contribution in [0.2, 0.25) is 0 Å². The van der Waals surface area contributed by atoms with Gasteiger partial charge >= 0.3 is 5.97 Å². The largest absolute Gasteiger partial charge is 0.478 e. The molecule has 1 amide bonds. The van der Waals surface area contributed by atoms with Crippen LogP contribution in [0, 0.1) is 20.2 Å². The molecule has 2 N–H and O–H groups in total. The first kappa shape index (κ1) is 33.3. The third kappa shape index (κ3) is 10.9. The molecule has 0 atom stereocenters. The van der Waals surface area contributed by atoms with Gasteiger partial charge < -0.3 is 25.1 Å². The number of piperidine rings is 2. The SMILES string of the molecule is CN(C)C1CCN(C(=O)c2ccc([N+](=O)[O-])cc2)CC1.CN(C)C1CCNCC1.O=C(O)c1ccc([N+](=O)[O-])cc1. The van der Waals surface area contributed by atoms with Crippen molar-refractivity contribution in [2.45, 2.75) is 37.8 Å². The quantitative estimate of drug-likeness (QED) is 0.388. The Bertz CT molecular complexity index is 1110. The first-order chi connectivity index (χ1) is 19.4. The molecule has 2 heterocycles. The Hall–Kier alpha value is -3.94. The highest BCUT2D eigenvalue weighted by Crippen LogP contribution is 2.18. The first-order valence-corrected chi connectivity index (χ1v) is 13.5. The number of hydrogen-bond donors (Lipinski definition) is 2. The van der Waals surface area contributed by atoms with Crippen molar-refractivity contribution in [2.75, 3.05) is 54.4 Å². The molecule has 2 fully saturated rings. The molecule has 4 rings (SSSR count). The summed E-state index contributed by atoms with van der Waals surface area (Å²) in [5.74, 6) is -1.14. The summed E-state index contributed by atoms with van der Waals surface area (Å²) >= 11 is 0. The van der Waals surface area contributed by atoms with E-state index >= 15 is 0 Å². The van der Waals surface area contributed by atoms with Crippen LogP contribution in [0.15, 0.2) is 48.5 Å². The molecule has 13 heteroatoms. The van der Waals surface area contributed by atoms with E-state index < -0.39 is 15.8 Å². The molecule has 2 aliphatic heterocycles. The van der Waals surface area contributed by atoms with Crippen LogP contribution in [-0.4, -0.2) is 108 Å². The zero-order valence-electron chi connectivity index (χ0n) is 24.1. The van der Waals surface area contributed by atoms with Crippen LogP contribution in [0.3, 0.4) is 0 Å². The van der Waals surface area contributed by atoms with Crippen LogP contribution in [0.25, 0.3) is 0 Å². The number of amides is 1. The molecule has 224 valence electrons. The van der Waals surface area contributed by atoms with Crippen molar-refractivity contribution in [2.24, 2.45) is 0 Å². The van der Waals surface area contributed by atoms with Crippen LogP contribution >= 0.6 is 0 Å². The fourth-order valence-corrected chi connectivity index (χ4v) is 4.54. The van der Waals surface area contributed by atoms with Gasteiger partial charge in [-0.25, -0.2) is 4.79 Å². The predicted octanol–water partition coefficient (Wildman–Crippen LogP) is 3.35. The van der Waals surface area contributed by atoms with Gasteiger partial charge in [0.2, 0.25) is 0 Å². The minimum absolute atomic E-state index is 0.00728. The summed E-state index contributed by atoms with van der Waals surface area (Å²) in [5.41, 5.74) is 0.451. The fraction of sp³-hybridized carbons (Fsp3) is 0.500. The maximum atomic E-state index is 12.3. The lowest BCUT2D eigenvalue weighted by Gasteiger charge is -2.35. The number of carbonyl (C=O) groups excluding carboxylic acids is 1. The summed E-state index contributed by atoms with van der Waals surface area (Å²) in [6.45, 7) is 3.86. The molecule has 0 spiro atoms. The van der Waals surface area contributed by atoms with Gasteiger partial charge in [0.25, 0.3) is 17.3 Å². The summed E-state index contributed by atoms with van der Waals surface area (Å²) < 4.78 is 0. The molecule has 0 aromatic heterocycles. The molecule has 2 saturated heterocycles. The number of nitro benzene ring substituents is 2. The van der Waals surface area contributed by atoms with Gasteiger partial charge in [0.05, 0.1) is 15.4 Å². The molecule has 0 radical (unpaired) electrons. The van der Waals surface area contributed by atoms with Crippen LogP contribution in [0.5, 0.6) is 0 Å². The third-order valence-corrected chi connectivity index (χ3v) is 7.17. The summed E-state index contributed by atoms with van der Waals surface area (Å²) in [6, 6.07) is 11.9. The second kappa shape index (κ2) is 16.4. The number of nitro groups is 2. The van der Waals surface area contributed by atoms with Crippen LogP contribution in [0.1, 0.15) is 46.4 Å². The Morgan fingerprint density at radius 1 is 0.756 bits per heavy atom. The van der Waals surface area contributed by atoms with Crippen molar-refractivity contribution >= 4 is 23.3 Å². The molecule has 2 aromatic rings. The number of carbonyl (C=O) groups is 2. The average molecular weight is 573 g/mol. The van der Waals surface area contributed by atoms with Crippen LogP contribution in [-0.2, 0) is 0 Å². The van der Waals surface area contributed by atoms with Crippen molar-refractivity contribution < 1.29 is 24.5 Å². The first-order valence-electron chi connectivity index (χ1n) is 13.5. The van der Waals surface area contributed by atoms with Gasteiger partial charge in [-0.1, -0.05) is 0 Å². The summed E-state index contributed by atoms with van der Waals surface area (Å²) in [7, 11) is 8.43. The second-order valence-corrected chi connectivity index (χ2v) is 10.3. The molecule has 13 nitrogen and oxygen atoms in total. The Labute approximate surface area is 240 Å². The maximum absolute atomic E-state index is 12.3. The minimum Gasteiger partial charge on any atom is -0.478 e. The average Bonchev–Trinajstić information content (AvgIpc) is 2.98. The van der Waals surface area contributed by atoms with E-state index in [9.17, 15) is 29.8 Å². The van der Waals surface area contributed by atoms with Crippen LogP contribution in [0.4, 0.5) is 11.4 Å². The van der Waals surface area contributed by atoms with Crippen LogP contribution < -0.4 is 5.32 Å². The Morgan fingerprint density at radius 2 is 1.15 bits per heavy atom. The van der Waals surface area contributed by atoms with E-state index in [1.165, 1.54) is 62.3 Å². The highest BCUT2D eigenvalue weighted by atomic mass is 16.6. The lowest BCUT2D eigenvalue weighted by Crippen LogP contribution is -2.44. The number of benzene rings is 2. The van der Waals surface area contributed by atoms with Crippen molar-refractivity contribution in [3.05, 3.63) is 79.9 Å². The maximum Gasteiger partial charge on any atom is 0.335 e. The number of non-ortho nitro benzene ring substituents is 2. The fourth-order valence-electron chi connectivity index (χ4n) is 4.54. The van der Waals surface area contributed by atoms with Crippen molar-refractivity contribution in [3.63, 3.8) is 0 Å². The number of aromatic carboxylic acids is 1. The monoisotopic (exact) mass is 572 g/mol. The Balaban J connectivity index is 0.000000237. The number of carboxylic acid groups (broad SMARTS) is 1. The molecule has 0 aliphatic carbocycles. The molecular weight excluding hydrogens is 532 g/mol. The smallest absolute Gasteiger partial charge is 0.335 e. The highest BCUT2D eigenvalue weighted by molar-refractivity contribution is 5.94. The number of carboxylic acids is 1. The lowest BCUT2D eigenvalue weighted by atomic mass is 10.0. The van der Waals surface area contributed by atoms with Crippen molar-refractivity contribution in [1.29, 1.82) is 0 Å². The van der Waals surface area contributed by atoms with Gasteiger partial charge in [-0.15, -0.1) is 0 Å². The number of hydrogen-bond acceptors (Lipinski definition) is 9. The predicted molar refractivity (Wildman–Crippen MR) is 155 cm³/mol. The summed E-state index contributed by atoms with van der Waals surface area (Å²) in [6.07, 6.45) is 4.55. The van der Waals surface area contributed by atoms with E-state index in [1.807, 2.05) is 4.90 Å². The van der Waals surface area contributed by atoms with Crippen molar-refractivity contribution in [1.82, 2.24) is 20.0 Å². The number of rotatable bonds is 6. The molecule has 0 unspecified atom stereocenters. The second-order valence-electron chi connectivity index (χ2n) is 10.3. The van der Waals surface area contributed by atoms with E-state index in [4.69, 9.17) is 5.11 Å². The minimum atomic E-state index is -1.09. The normalized spacial score (nSPS) is 15.8. The zero-order chi connectivity index (χ0) is 30.5. The molecule has 2 aromatic carbocycles. The molecule has 41 heavy (non-hydrogen) atoms. The molecule has 0 saturated carbocycles. The third-order valence-electron chi connectivity index (χ3n) is 7.17. The summed E-state index contributed by atoms with van der Waals surface area (Å²) in [5, 5.41) is 32.5. The molecular formula is C28H40N6O7. The lowest BCUT2D eigenvalue weighted by molar-refractivity contribution is -0.385. The van der Waals surface area contributed by atoms with E-state index in [-0.39, 0.29) is 22.8 Å². The number of nitrogens with zero attached hydrogens (tertiary/aromatic N) is 5. The molecule has 0 bridgehead atoms. The Kier molecular flexibility index (Phi) is 13.3. The standard InChI is InChI=1S/C14H19N3O3.C7H16N2.C7H5NO4/c1-15(2)12-7-9-16(10-8-12)14(18)11-3-5-13(6-4-11)17(19)20;1-9(2)7-3-5-8-6-4-7;9-7(10)5-1-3-6(4-2-5)8(11)12/h3-6,12H,7-10H2,1-2H3;7-8H,3-6H2,1-2H3;1-4H,(H,9,10). The van der Waals surface area contributed by atoms with Gasteiger partial charge in [0, 0.05) is 55.0 Å². The van der Waals surface area contributed by atoms with Gasteiger partial charge in [0.1, 0.15) is 0 Å². The van der Waals surface area contributed by atoms with E-state index in [0.29, 0.717) is 11.6 Å². The topological polar surface area (TPSA) is 162 Å². The van der Waals surface area contributed by atoms with Gasteiger partial charge in [-0.3, -0.25) is 25.0 Å². The number of likely N-dealkylation sites (tertiary alicyclic amines) is 1. The van der Waals surface area contributed by atoms with E-state index in [0.717, 1.165) is 44.1 Å². The van der Waals surface area contributed by atoms with E-state index in [1.54, 1.807) is 0 Å². The van der Waals surface area contributed by atoms with Gasteiger partial charge in [0.15, 0.2) is 0 Å². The van der Waals surface area contributed by atoms with E-state index in [2.05, 4.69) is 43.3 Å². The molecule has 2 aliphatic rings. The summed E-state index contributed by atoms with van der Waals surface area (Å²) in [4.78, 5) is 48.6. The van der Waals surface area contributed by atoms with Gasteiger partial charge in [-0.05, 0) is 91.2 Å². The Morgan fingerprint density at radius 3 is 1.49 bits per heavy atom. The zero-order valence-corrected chi connectivity index (χ0v) is 24.1. The van der Waals surface area contributed by atoms with Crippen molar-refractivity contribution in [3.8, 4) is 0 Å². The highest BCUT2D eigenvalue weighted by Gasteiger charge is 2.24. The number of nitrogens with one attached hydrogen (secondary N) is 1. The van der Waals surface area contributed by atoms with Gasteiger partial charge in [-0.2, -0.15) is 0 Å².